The van der Waals surface area contributed by atoms with E-state index >= 15 is 0 Å². The van der Waals surface area contributed by atoms with Gasteiger partial charge in [-0.05, 0) is 48.7 Å². The third-order valence-electron chi connectivity index (χ3n) is 3.87. The van der Waals surface area contributed by atoms with Gasteiger partial charge in [-0.1, -0.05) is 30.3 Å². The van der Waals surface area contributed by atoms with E-state index in [0.29, 0.717) is 18.7 Å². The number of alkyl halides is 2. The summed E-state index contributed by atoms with van der Waals surface area (Å²) in [6, 6.07) is 12.2. The van der Waals surface area contributed by atoms with Gasteiger partial charge < -0.3 is 19.5 Å². The van der Waals surface area contributed by atoms with E-state index in [9.17, 15) is 13.6 Å². The Kier molecular flexibility index (Phi) is 8.61. The molecule has 0 aromatic heterocycles. The summed E-state index contributed by atoms with van der Waals surface area (Å²) in [7, 11) is 1.36. The molecule has 7 heteroatoms. The van der Waals surface area contributed by atoms with Gasteiger partial charge in [-0.25, -0.2) is 0 Å². The molecule has 0 atom stereocenters. The van der Waals surface area contributed by atoms with E-state index in [1.807, 2.05) is 38.1 Å². The summed E-state index contributed by atoms with van der Waals surface area (Å²) in [4.78, 5) is 12.1. The summed E-state index contributed by atoms with van der Waals surface area (Å²) in [6.07, 6.45) is 3.09. The highest BCUT2D eigenvalue weighted by Crippen LogP contribution is 2.29. The molecule has 29 heavy (non-hydrogen) atoms. The third-order valence-corrected chi connectivity index (χ3v) is 3.87. The molecule has 0 fully saturated rings. The lowest BCUT2D eigenvalue weighted by atomic mass is 10.1. The molecule has 1 amide bonds. The number of benzene rings is 2. The molecule has 0 aliphatic heterocycles. The Morgan fingerprint density at radius 3 is 2.55 bits per heavy atom. The number of ether oxygens (including phenoxy) is 3. The topological polar surface area (TPSA) is 56.8 Å². The third kappa shape index (κ3) is 7.91. The van der Waals surface area contributed by atoms with E-state index < -0.39 is 6.61 Å². The Morgan fingerprint density at radius 1 is 1.10 bits per heavy atom. The number of rotatable bonds is 10. The molecule has 0 spiro atoms. The predicted octanol–water partition coefficient (Wildman–Crippen LogP) is 4.55. The van der Waals surface area contributed by atoms with Crippen LogP contribution in [0.1, 0.15) is 30.5 Å². The number of methoxy groups -OCH3 is 1. The number of carbonyl (C=O) groups excluding carboxylic acids is 1. The first-order valence-electron chi connectivity index (χ1n) is 9.15. The lowest BCUT2D eigenvalue weighted by Crippen LogP contribution is -2.20. The molecule has 0 saturated carbocycles. The first-order valence-corrected chi connectivity index (χ1v) is 9.15. The fourth-order valence-corrected chi connectivity index (χ4v) is 2.49. The number of hydrogen-bond acceptors (Lipinski definition) is 4. The molecule has 156 valence electrons. The van der Waals surface area contributed by atoms with E-state index in [4.69, 9.17) is 9.47 Å². The van der Waals surface area contributed by atoms with Crippen molar-refractivity contribution >= 4 is 12.0 Å². The summed E-state index contributed by atoms with van der Waals surface area (Å²) in [6.45, 7) is 1.92. The first-order chi connectivity index (χ1) is 13.9. The van der Waals surface area contributed by atoms with E-state index in [0.717, 1.165) is 11.1 Å². The van der Waals surface area contributed by atoms with Crippen LogP contribution in [-0.2, 0) is 22.7 Å². The molecule has 0 heterocycles. The van der Waals surface area contributed by atoms with Crippen molar-refractivity contribution in [3.05, 3.63) is 65.2 Å². The van der Waals surface area contributed by atoms with Crippen LogP contribution < -0.4 is 14.8 Å². The van der Waals surface area contributed by atoms with Crippen molar-refractivity contribution in [2.75, 3.05) is 7.11 Å². The van der Waals surface area contributed by atoms with Gasteiger partial charge in [0.15, 0.2) is 11.5 Å². The SMILES string of the molecule is COc1cc(/C=C/C(=O)NCc2cccc(COC(C)C)c2)ccc1OC(F)F. The monoisotopic (exact) mass is 405 g/mol. The van der Waals surface area contributed by atoms with E-state index in [2.05, 4.69) is 10.1 Å². The first kappa shape index (κ1) is 22.4. The molecule has 0 bridgehead atoms. The Morgan fingerprint density at radius 2 is 1.86 bits per heavy atom. The van der Waals surface area contributed by atoms with Crippen molar-refractivity contribution in [2.24, 2.45) is 0 Å². The summed E-state index contributed by atoms with van der Waals surface area (Å²) in [5.41, 5.74) is 2.62. The maximum atomic E-state index is 12.4. The molecule has 0 unspecified atom stereocenters. The highest BCUT2D eigenvalue weighted by molar-refractivity contribution is 5.91. The van der Waals surface area contributed by atoms with Crippen molar-refractivity contribution < 1.29 is 27.8 Å². The minimum Gasteiger partial charge on any atom is -0.493 e. The van der Waals surface area contributed by atoms with Crippen molar-refractivity contribution in [1.29, 1.82) is 0 Å². The molecular formula is C22H25F2NO4. The fourth-order valence-electron chi connectivity index (χ4n) is 2.49. The number of halogens is 2. The molecule has 0 radical (unpaired) electrons. The van der Waals surface area contributed by atoms with Crippen LogP contribution in [0.15, 0.2) is 48.5 Å². The lowest BCUT2D eigenvalue weighted by molar-refractivity contribution is -0.116. The van der Waals surface area contributed by atoms with Crippen LogP contribution in [-0.4, -0.2) is 25.7 Å². The van der Waals surface area contributed by atoms with Gasteiger partial charge in [0.1, 0.15) is 0 Å². The number of hydrogen-bond donors (Lipinski definition) is 1. The van der Waals surface area contributed by atoms with Gasteiger partial charge >= 0.3 is 6.61 Å². The van der Waals surface area contributed by atoms with Crippen LogP contribution in [0.25, 0.3) is 6.08 Å². The maximum Gasteiger partial charge on any atom is 0.387 e. The smallest absolute Gasteiger partial charge is 0.387 e. The second-order valence-electron chi connectivity index (χ2n) is 6.52. The Hall–Kier alpha value is -2.93. The van der Waals surface area contributed by atoms with Gasteiger partial charge in [0.25, 0.3) is 0 Å². The van der Waals surface area contributed by atoms with Crippen molar-refractivity contribution in [3.63, 3.8) is 0 Å². The zero-order valence-electron chi connectivity index (χ0n) is 16.7. The lowest BCUT2D eigenvalue weighted by Gasteiger charge is -2.10. The normalized spacial score (nSPS) is 11.3. The maximum absolute atomic E-state index is 12.4. The second-order valence-corrected chi connectivity index (χ2v) is 6.52. The van der Waals surface area contributed by atoms with Crippen LogP contribution in [0.3, 0.4) is 0 Å². The minimum absolute atomic E-state index is 0.0644. The quantitative estimate of drug-likeness (QED) is 0.589. The number of amides is 1. The molecule has 5 nitrogen and oxygen atoms in total. The van der Waals surface area contributed by atoms with Gasteiger partial charge in [0, 0.05) is 12.6 Å². The van der Waals surface area contributed by atoms with Gasteiger partial charge in [-0.3, -0.25) is 4.79 Å². The van der Waals surface area contributed by atoms with Crippen LogP contribution >= 0.6 is 0 Å². The van der Waals surface area contributed by atoms with E-state index in [-0.39, 0.29) is 23.5 Å². The minimum atomic E-state index is -2.94. The summed E-state index contributed by atoms with van der Waals surface area (Å²) in [5.74, 6) is -0.181. The Balaban J connectivity index is 1.92. The number of carbonyl (C=O) groups is 1. The summed E-state index contributed by atoms with van der Waals surface area (Å²) >= 11 is 0. The van der Waals surface area contributed by atoms with Gasteiger partial charge in [-0.15, -0.1) is 0 Å². The second kappa shape index (κ2) is 11.2. The zero-order chi connectivity index (χ0) is 21.2. The Labute approximate surface area is 169 Å². The molecule has 1 N–H and O–H groups in total. The molecule has 2 rings (SSSR count). The van der Waals surface area contributed by atoms with Gasteiger partial charge in [0.05, 0.1) is 19.8 Å². The molecule has 2 aromatic rings. The van der Waals surface area contributed by atoms with Crippen LogP contribution in [0.5, 0.6) is 11.5 Å². The van der Waals surface area contributed by atoms with Crippen LogP contribution in [0.4, 0.5) is 8.78 Å². The summed E-state index contributed by atoms with van der Waals surface area (Å²) in [5, 5.41) is 2.81. The van der Waals surface area contributed by atoms with Gasteiger partial charge in [-0.2, -0.15) is 8.78 Å². The van der Waals surface area contributed by atoms with Crippen molar-refractivity contribution in [2.45, 2.75) is 39.7 Å². The van der Waals surface area contributed by atoms with Crippen molar-refractivity contribution in [1.82, 2.24) is 5.32 Å². The average Bonchev–Trinajstić information content (AvgIpc) is 2.69. The predicted molar refractivity (Wildman–Crippen MR) is 107 cm³/mol. The zero-order valence-corrected chi connectivity index (χ0v) is 16.7. The van der Waals surface area contributed by atoms with E-state index in [1.165, 1.54) is 25.3 Å². The van der Waals surface area contributed by atoms with Crippen molar-refractivity contribution in [3.8, 4) is 11.5 Å². The number of nitrogens with one attached hydrogen (secondary N) is 1. The van der Waals surface area contributed by atoms with Crippen LogP contribution in [0, 0.1) is 0 Å². The molecule has 2 aromatic carbocycles. The molecule has 0 aliphatic rings. The van der Waals surface area contributed by atoms with E-state index in [1.54, 1.807) is 12.1 Å². The molecular weight excluding hydrogens is 380 g/mol. The van der Waals surface area contributed by atoms with Crippen LogP contribution in [0.2, 0.25) is 0 Å². The fraction of sp³-hybridized carbons (Fsp3) is 0.318. The average molecular weight is 405 g/mol. The standard InChI is InChI=1S/C22H25F2NO4/c1-15(2)28-14-18-6-4-5-17(11-18)13-25-21(26)10-8-16-7-9-19(29-22(23)24)20(12-16)27-3/h4-12,15,22H,13-14H2,1-3H3,(H,25,26)/b10-8+. The highest BCUT2D eigenvalue weighted by atomic mass is 19.3. The highest BCUT2D eigenvalue weighted by Gasteiger charge is 2.10. The van der Waals surface area contributed by atoms with Gasteiger partial charge in [0.2, 0.25) is 5.91 Å². The Bertz CT molecular complexity index is 837. The molecule has 0 aliphatic carbocycles. The molecule has 0 saturated heterocycles. The summed E-state index contributed by atoms with van der Waals surface area (Å²) < 4.78 is 39.7. The largest absolute Gasteiger partial charge is 0.493 e.